The van der Waals surface area contributed by atoms with Gasteiger partial charge in [0.15, 0.2) is 5.13 Å². The summed E-state index contributed by atoms with van der Waals surface area (Å²) >= 11 is 13.3. The Hall–Kier alpha value is -2.48. The van der Waals surface area contributed by atoms with Crippen molar-refractivity contribution in [2.75, 3.05) is 18.0 Å². The van der Waals surface area contributed by atoms with Crippen LogP contribution >= 0.6 is 34.5 Å². The van der Waals surface area contributed by atoms with E-state index < -0.39 is 11.9 Å². The number of fused-ring (bicyclic) bond motifs is 1. The monoisotopic (exact) mass is 542 g/mol. The molecule has 36 heavy (non-hydrogen) atoms. The van der Waals surface area contributed by atoms with Gasteiger partial charge in [0.05, 0.1) is 21.3 Å². The van der Waals surface area contributed by atoms with Crippen LogP contribution in [0.3, 0.4) is 0 Å². The van der Waals surface area contributed by atoms with Crippen molar-refractivity contribution in [1.82, 2.24) is 15.3 Å². The van der Waals surface area contributed by atoms with E-state index >= 15 is 0 Å². The van der Waals surface area contributed by atoms with Crippen molar-refractivity contribution in [3.63, 3.8) is 0 Å². The molecule has 0 bridgehead atoms. The molecule has 3 heterocycles. The summed E-state index contributed by atoms with van der Waals surface area (Å²) in [6, 6.07) is 6.40. The molecule has 1 amide bonds. The van der Waals surface area contributed by atoms with E-state index in [1.807, 2.05) is 4.90 Å². The van der Waals surface area contributed by atoms with Crippen LogP contribution < -0.4 is 10.2 Å². The van der Waals surface area contributed by atoms with Gasteiger partial charge in [-0.3, -0.25) is 4.79 Å². The molecule has 1 unspecified atom stereocenters. The zero-order chi connectivity index (χ0) is 25.0. The third-order valence-electron chi connectivity index (χ3n) is 6.47. The molecule has 1 saturated carbocycles. The summed E-state index contributed by atoms with van der Waals surface area (Å²) in [5, 5.41) is 23.1. The van der Waals surface area contributed by atoms with Crippen molar-refractivity contribution in [1.29, 1.82) is 0 Å². The zero-order valence-corrected chi connectivity index (χ0v) is 20.7. The minimum atomic E-state index is -1.07. The molecule has 0 spiro atoms. The topological polar surface area (TPSA) is 136 Å². The molecule has 184 valence electrons. The number of thiazole rings is 1. The van der Waals surface area contributed by atoms with Crippen molar-refractivity contribution < 1.29 is 24.6 Å². The zero-order valence-electron chi connectivity index (χ0n) is 18.3. The maximum absolute atomic E-state index is 12.6. The number of H-pyrrole nitrogens is 1. The molecule has 9 nitrogen and oxygen atoms in total. The summed E-state index contributed by atoms with van der Waals surface area (Å²) in [6.07, 6.45) is 0.220. The minimum absolute atomic E-state index is 0. The SMILES string of the molecule is Cc1[nH]c(C(=O)NC2[C@H]3CN(c4nc(Cc5cccc(C(=O)O)c5)c(C(=O)O)s4)C[C@@H]23)c(Cl)c1Cl.[LiH]. The second kappa shape index (κ2) is 10.1. The van der Waals surface area contributed by atoms with Crippen molar-refractivity contribution >= 4 is 76.4 Å². The van der Waals surface area contributed by atoms with Crippen LogP contribution in [-0.2, 0) is 6.42 Å². The Balaban J connectivity index is 0.00000304. The van der Waals surface area contributed by atoms with Crippen LogP contribution in [0.2, 0.25) is 10.0 Å². The molecule has 1 aliphatic carbocycles. The summed E-state index contributed by atoms with van der Waals surface area (Å²) in [5.41, 5.74) is 2.10. The fourth-order valence-corrected chi connectivity index (χ4v) is 5.97. The molecular formula is C23H21Cl2LiN4O5S. The van der Waals surface area contributed by atoms with E-state index in [0.717, 1.165) is 11.3 Å². The number of aromatic nitrogens is 2. The number of carbonyl (C=O) groups is 3. The number of anilines is 1. The Labute approximate surface area is 232 Å². The van der Waals surface area contributed by atoms with Gasteiger partial charge in [0.1, 0.15) is 10.6 Å². The van der Waals surface area contributed by atoms with Gasteiger partial charge >= 0.3 is 30.8 Å². The van der Waals surface area contributed by atoms with Gasteiger partial charge in [-0.1, -0.05) is 46.7 Å². The number of carboxylic acids is 2. The Morgan fingerprint density at radius 3 is 2.44 bits per heavy atom. The number of hydrogen-bond donors (Lipinski definition) is 4. The average molecular weight is 543 g/mol. The van der Waals surface area contributed by atoms with Gasteiger partial charge in [0.25, 0.3) is 5.91 Å². The van der Waals surface area contributed by atoms with E-state index in [0.29, 0.717) is 40.2 Å². The number of aromatic carboxylic acids is 2. The third-order valence-corrected chi connectivity index (χ3v) is 8.56. The van der Waals surface area contributed by atoms with E-state index in [1.54, 1.807) is 19.1 Å². The molecule has 3 aromatic rings. The van der Waals surface area contributed by atoms with Gasteiger partial charge in [-0.2, -0.15) is 0 Å². The number of piperidine rings is 1. The number of amides is 1. The Morgan fingerprint density at radius 1 is 1.17 bits per heavy atom. The summed E-state index contributed by atoms with van der Waals surface area (Å²) in [5.74, 6) is -1.94. The fraction of sp³-hybridized carbons (Fsp3) is 0.304. The first-order valence-electron chi connectivity index (χ1n) is 10.8. The van der Waals surface area contributed by atoms with E-state index in [2.05, 4.69) is 15.3 Å². The number of aromatic amines is 1. The van der Waals surface area contributed by atoms with Crippen molar-refractivity contribution in [2.24, 2.45) is 11.8 Å². The van der Waals surface area contributed by atoms with Crippen LogP contribution in [0.4, 0.5) is 5.13 Å². The van der Waals surface area contributed by atoms with Crippen LogP contribution in [0.5, 0.6) is 0 Å². The average Bonchev–Trinajstić information content (AvgIpc) is 3.19. The second-order valence-electron chi connectivity index (χ2n) is 8.74. The fourth-order valence-electron chi connectivity index (χ4n) is 4.62. The van der Waals surface area contributed by atoms with Gasteiger partial charge in [0.2, 0.25) is 0 Å². The van der Waals surface area contributed by atoms with Gasteiger partial charge in [-0.15, -0.1) is 0 Å². The number of hydrogen-bond acceptors (Lipinski definition) is 6. The van der Waals surface area contributed by atoms with E-state index in [-0.39, 0.29) is 70.2 Å². The number of halogens is 2. The Kier molecular flexibility index (Phi) is 7.47. The summed E-state index contributed by atoms with van der Waals surface area (Å²) in [4.78, 5) is 45.4. The maximum atomic E-state index is 12.6. The number of aryl methyl sites for hydroxylation is 1. The number of nitrogens with one attached hydrogen (secondary N) is 2. The Bertz CT molecular complexity index is 1360. The molecule has 1 aromatic carbocycles. The molecule has 2 aliphatic rings. The molecule has 1 saturated heterocycles. The molecule has 4 N–H and O–H groups in total. The van der Waals surface area contributed by atoms with E-state index in [4.69, 9.17) is 23.2 Å². The van der Waals surface area contributed by atoms with Crippen LogP contribution in [0.15, 0.2) is 24.3 Å². The Morgan fingerprint density at radius 2 is 1.86 bits per heavy atom. The first kappa shape index (κ1) is 26.6. The molecule has 2 aromatic heterocycles. The van der Waals surface area contributed by atoms with Gasteiger partial charge in [-0.25, -0.2) is 14.6 Å². The predicted octanol–water partition coefficient (Wildman–Crippen LogP) is 3.29. The van der Waals surface area contributed by atoms with Crippen LogP contribution in [0.1, 0.15) is 47.5 Å². The summed E-state index contributed by atoms with van der Waals surface area (Å²) in [6.45, 7) is 3.04. The number of nitrogens with zero attached hydrogens (tertiary/aromatic N) is 2. The van der Waals surface area contributed by atoms with E-state index in [9.17, 15) is 24.6 Å². The molecule has 1 aliphatic heterocycles. The number of carboxylic acid groups (broad SMARTS) is 2. The molecule has 2 fully saturated rings. The second-order valence-corrected chi connectivity index (χ2v) is 10.5. The first-order chi connectivity index (χ1) is 16.6. The molecule has 3 atom stereocenters. The predicted molar refractivity (Wildman–Crippen MR) is 138 cm³/mol. The van der Waals surface area contributed by atoms with Crippen molar-refractivity contribution in [3.05, 3.63) is 67.4 Å². The van der Waals surface area contributed by atoms with Crippen molar-refractivity contribution in [3.8, 4) is 0 Å². The van der Waals surface area contributed by atoms with Crippen molar-refractivity contribution in [2.45, 2.75) is 19.4 Å². The molecule has 0 radical (unpaired) electrons. The van der Waals surface area contributed by atoms with Gasteiger partial charge in [0, 0.05) is 43.1 Å². The molecule has 5 rings (SSSR count). The quantitative estimate of drug-likeness (QED) is 0.336. The van der Waals surface area contributed by atoms with Gasteiger partial charge in [-0.05, 0) is 24.6 Å². The van der Waals surface area contributed by atoms with Crippen LogP contribution in [0, 0.1) is 18.8 Å². The molecule has 13 heteroatoms. The summed E-state index contributed by atoms with van der Waals surface area (Å²) < 4.78 is 0. The number of carbonyl (C=O) groups excluding carboxylic acids is 1. The number of rotatable bonds is 7. The molecular weight excluding hydrogens is 522 g/mol. The number of benzene rings is 1. The van der Waals surface area contributed by atoms with Crippen LogP contribution in [0.25, 0.3) is 0 Å². The van der Waals surface area contributed by atoms with Gasteiger partial charge < -0.3 is 25.4 Å². The standard InChI is InChI=1S/C23H20Cl2N4O5S.Li.H/c1-9-15(24)16(25)18(26-9)20(30)28-17-12-7-29(8-13(12)17)23-27-14(19(35-23)22(33)34)6-10-3-2-4-11(5-10)21(31)32;;/h2-5,12-13,17,26H,6-8H2,1H3,(H,28,30)(H,31,32)(H,33,34);;/t12-,13+,17?;;. The first-order valence-corrected chi connectivity index (χ1v) is 12.4. The van der Waals surface area contributed by atoms with Crippen LogP contribution in [-0.4, -0.2) is 76.0 Å². The normalized spacial score (nSPS) is 20.0. The van der Waals surface area contributed by atoms with E-state index in [1.165, 1.54) is 12.1 Å². The summed E-state index contributed by atoms with van der Waals surface area (Å²) in [7, 11) is 0. The third kappa shape index (κ3) is 4.88.